The molecule has 6 nitrogen and oxygen atoms in total. The molecule has 3 aromatic rings. The zero-order valence-electron chi connectivity index (χ0n) is 13.0. The van der Waals surface area contributed by atoms with Crippen LogP contribution in [0.5, 0.6) is 0 Å². The molecule has 0 amide bonds. The van der Waals surface area contributed by atoms with Crippen molar-refractivity contribution in [2.45, 2.75) is 6.54 Å². The molecule has 116 valence electrons. The second-order valence-corrected chi connectivity index (χ2v) is 5.20. The molecule has 6 heteroatoms. The second kappa shape index (κ2) is 6.83. The van der Waals surface area contributed by atoms with E-state index in [1.165, 1.54) is 0 Å². The lowest BCUT2D eigenvalue weighted by molar-refractivity contribution is 0.569. The summed E-state index contributed by atoms with van der Waals surface area (Å²) in [6, 6.07) is 12.1. The smallest absolute Gasteiger partial charge is 0.297 e. The maximum atomic E-state index is 5.66. The van der Waals surface area contributed by atoms with Crippen molar-refractivity contribution in [3.05, 3.63) is 60.6 Å². The Morgan fingerprint density at radius 3 is 2.43 bits per heavy atom. The van der Waals surface area contributed by atoms with E-state index in [-0.39, 0.29) is 0 Å². The molecule has 0 saturated carbocycles. The highest BCUT2D eigenvalue weighted by molar-refractivity contribution is 5.60. The molecule has 0 radical (unpaired) electrons. The number of azo groups is 1. The summed E-state index contributed by atoms with van der Waals surface area (Å²) < 4.78 is 5.66. The number of rotatable bonds is 5. The predicted octanol–water partition coefficient (Wildman–Crippen LogP) is 4.09. The van der Waals surface area contributed by atoms with Gasteiger partial charge in [-0.2, -0.15) is 10.2 Å². The molecule has 0 unspecified atom stereocenters. The van der Waals surface area contributed by atoms with Gasteiger partial charge in [-0.25, -0.2) is 4.98 Å². The molecule has 0 bridgehead atoms. The Hall–Kier alpha value is -3.02. The van der Waals surface area contributed by atoms with E-state index in [4.69, 9.17) is 4.42 Å². The minimum atomic E-state index is 0.540. The van der Waals surface area contributed by atoms with Crippen LogP contribution in [0.25, 0.3) is 11.3 Å². The van der Waals surface area contributed by atoms with Crippen molar-refractivity contribution in [3.63, 3.8) is 0 Å². The van der Waals surface area contributed by atoms with Crippen LogP contribution in [0.1, 0.15) is 5.56 Å². The monoisotopic (exact) mass is 307 g/mol. The zero-order chi connectivity index (χ0) is 16.1. The second-order valence-electron chi connectivity index (χ2n) is 5.20. The Labute approximate surface area is 134 Å². The van der Waals surface area contributed by atoms with Crippen LogP contribution in [0.2, 0.25) is 0 Å². The van der Waals surface area contributed by atoms with Crippen molar-refractivity contribution in [2.75, 3.05) is 19.0 Å². The summed E-state index contributed by atoms with van der Waals surface area (Å²) in [5, 5.41) is 8.42. The SMILES string of the molecule is CN(C)c1ncc(-c2ccc(N=NCc3ccncc3)cc2)o1. The van der Waals surface area contributed by atoms with Crippen LogP contribution in [-0.2, 0) is 6.54 Å². The standard InChI is InChI=1S/C17H17N5O/c1-22(2)17-19-12-16(23-17)14-3-5-15(6-4-14)21-20-11-13-7-9-18-10-8-13/h3-10,12H,11H2,1-2H3. The number of pyridine rings is 1. The number of aromatic nitrogens is 2. The first-order chi connectivity index (χ1) is 11.2. The molecule has 0 atom stereocenters. The summed E-state index contributed by atoms with van der Waals surface area (Å²) in [6.45, 7) is 0.540. The fourth-order valence-electron chi connectivity index (χ4n) is 1.98. The third kappa shape index (κ3) is 3.79. The molecular weight excluding hydrogens is 290 g/mol. The number of benzene rings is 1. The van der Waals surface area contributed by atoms with Crippen LogP contribution in [0.3, 0.4) is 0 Å². The Balaban J connectivity index is 1.67. The van der Waals surface area contributed by atoms with E-state index < -0.39 is 0 Å². The molecule has 0 saturated heterocycles. The molecule has 2 heterocycles. The molecule has 0 aliphatic rings. The molecule has 0 fully saturated rings. The fourth-order valence-corrected chi connectivity index (χ4v) is 1.98. The van der Waals surface area contributed by atoms with Crippen molar-refractivity contribution in [1.29, 1.82) is 0 Å². The minimum Gasteiger partial charge on any atom is -0.423 e. The predicted molar refractivity (Wildman–Crippen MR) is 88.7 cm³/mol. The number of hydrogen-bond acceptors (Lipinski definition) is 6. The quantitative estimate of drug-likeness (QED) is 0.666. The van der Waals surface area contributed by atoms with Gasteiger partial charge in [0.15, 0.2) is 5.76 Å². The maximum Gasteiger partial charge on any atom is 0.297 e. The van der Waals surface area contributed by atoms with E-state index in [9.17, 15) is 0 Å². The molecule has 2 aromatic heterocycles. The first kappa shape index (κ1) is 14.9. The van der Waals surface area contributed by atoms with Crippen LogP contribution >= 0.6 is 0 Å². The van der Waals surface area contributed by atoms with E-state index >= 15 is 0 Å². The highest BCUT2D eigenvalue weighted by Crippen LogP contribution is 2.25. The van der Waals surface area contributed by atoms with Gasteiger partial charge in [0.05, 0.1) is 18.4 Å². The fraction of sp³-hybridized carbons (Fsp3) is 0.176. The van der Waals surface area contributed by atoms with Gasteiger partial charge in [0.2, 0.25) is 0 Å². The summed E-state index contributed by atoms with van der Waals surface area (Å²) in [7, 11) is 3.78. The van der Waals surface area contributed by atoms with Gasteiger partial charge in [-0.05, 0) is 42.0 Å². The average molecular weight is 307 g/mol. The van der Waals surface area contributed by atoms with E-state index in [2.05, 4.69) is 20.2 Å². The van der Waals surface area contributed by atoms with E-state index in [1.807, 2.05) is 55.4 Å². The van der Waals surface area contributed by atoms with Crippen LogP contribution in [0.4, 0.5) is 11.7 Å². The van der Waals surface area contributed by atoms with Crippen molar-refractivity contribution in [3.8, 4) is 11.3 Å². The van der Waals surface area contributed by atoms with Gasteiger partial charge in [-0.15, -0.1) is 0 Å². The number of nitrogens with zero attached hydrogens (tertiary/aromatic N) is 5. The first-order valence-electron chi connectivity index (χ1n) is 7.22. The Morgan fingerprint density at radius 2 is 1.78 bits per heavy atom. The van der Waals surface area contributed by atoms with E-state index in [0.717, 1.165) is 22.6 Å². The third-order valence-corrected chi connectivity index (χ3v) is 3.22. The highest BCUT2D eigenvalue weighted by Gasteiger charge is 2.07. The van der Waals surface area contributed by atoms with Crippen molar-refractivity contribution in [2.24, 2.45) is 10.2 Å². The van der Waals surface area contributed by atoms with Gasteiger partial charge in [0, 0.05) is 32.1 Å². The lowest BCUT2D eigenvalue weighted by atomic mass is 10.2. The third-order valence-electron chi connectivity index (χ3n) is 3.22. The minimum absolute atomic E-state index is 0.540. The van der Waals surface area contributed by atoms with Crippen LogP contribution < -0.4 is 4.90 Å². The lowest BCUT2D eigenvalue weighted by Gasteiger charge is -2.04. The Kier molecular flexibility index (Phi) is 4.42. The van der Waals surface area contributed by atoms with Gasteiger partial charge in [0.1, 0.15) is 0 Å². The largest absolute Gasteiger partial charge is 0.423 e. The molecule has 0 N–H and O–H groups in total. The van der Waals surface area contributed by atoms with Crippen molar-refractivity contribution in [1.82, 2.24) is 9.97 Å². The highest BCUT2D eigenvalue weighted by atomic mass is 16.4. The first-order valence-corrected chi connectivity index (χ1v) is 7.22. The van der Waals surface area contributed by atoms with Gasteiger partial charge in [-0.3, -0.25) is 4.98 Å². The lowest BCUT2D eigenvalue weighted by Crippen LogP contribution is -2.08. The average Bonchev–Trinajstić information content (AvgIpc) is 3.07. The van der Waals surface area contributed by atoms with E-state index in [1.54, 1.807) is 18.6 Å². The van der Waals surface area contributed by atoms with Crippen molar-refractivity contribution < 1.29 is 4.42 Å². The van der Waals surface area contributed by atoms with E-state index in [0.29, 0.717) is 12.6 Å². The van der Waals surface area contributed by atoms with Crippen molar-refractivity contribution >= 4 is 11.7 Å². The summed E-state index contributed by atoms with van der Waals surface area (Å²) in [4.78, 5) is 10.0. The summed E-state index contributed by atoms with van der Waals surface area (Å²) in [6.07, 6.45) is 5.22. The normalized spacial score (nSPS) is 11.0. The Morgan fingerprint density at radius 1 is 1.04 bits per heavy atom. The van der Waals surface area contributed by atoms with Gasteiger partial charge in [-0.1, -0.05) is 0 Å². The summed E-state index contributed by atoms with van der Waals surface area (Å²) >= 11 is 0. The van der Waals surface area contributed by atoms with Gasteiger partial charge < -0.3 is 9.32 Å². The molecule has 0 aliphatic carbocycles. The molecule has 23 heavy (non-hydrogen) atoms. The number of hydrogen-bond donors (Lipinski definition) is 0. The summed E-state index contributed by atoms with van der Waals surface area (Å²) in [5.41, 5.74) is 2.84. The molecule has 1 aromatic carbocycles. The van der Waals surface area contributed by atoms with Gasteiger partial charge >= 0.3 is 0 Å². The van der Waals surface area contributed by atoms with Crippen LogP contribution in [-0.4, -0.2) is 24.1 Å². The molecular formula is C17H17N5O. The van der Waals surface area contributed by atoms with Crippen LogP contribution in [0, 0.1) is 0 Å². The molecule has 0 aliphatic heterocycles. The van der Waals surface area contributed by atoms with Crippen LogP contribution in [0.15, 0.2) is 69.6 Å². The Bertz CT molecular complexity index is 778. The zero-order valence-corrected chi connectivity index (χ0v) is 13.0. The van der Waals surface area contributed by atoms with Gasteiger partial charge in [0.25, 0.3) is 6.01 Å². The topological polar surface area (TPSA) is 66.9 Å². The maximum absolute atomic E-state index is 5.66. The number of oxazole rings is 1. The molecule has 0 spiro atoms. The molecule has 3 rings (SSSR count). The summed E-state index contributed by atoms with van der Waals surface area (Å²) in [5.74, 6) is 0.731. The number of anilines is 1.